The van der Waals surface area contributed by atoms with Crippen molar-refractivity contribution in [2.24, 2.45) is 15.7 Å². The Labute approximate surface area is 202 Å². The zero-order valence-corrected chi connectivity index (χ0v) is 22.7. The van der Waals surface area contributed by atoms with E-state index in [9.17, 15) is 14.4 Å². The summed E-state index contributed by atoms with van der Waals surface area (Å²) in [4.78, 5) is 50.7. The Bertz CT molecular complexity index is 860. The molecule has 1 aliphatic rings. The quantitative estimate of drug-likeness (QED) is 0.327. The maximum atomic E-state index is 14.0. The number of oxime groups is 1. The molecular formula is C23H40N4O7. The zero-order chi connectivity index (χ0) is 26.9. The second-order valence-electron chi connectivity index (χ2n) is 11.3. The third-order valence-corrected chi connectivity index (χ3v) is 4.44. The van der Waals surface area contributed by atoms with Crippen LogP contribution in [-0.4, -0.2) is 69.5 Å². The first-order valence-corrected chi connectivity index (χ1v) is 11.1. The SMILES string of the molecule is CON=C(C)C1(N(OC(=O)OC(C)(C)C)C(=O)OC(C)(C)C)C(=O)N(C(C)C)N=C1C(C)(C)C. The van der Waals surface area contributed by atoms with Gasteiger partial charge in [-0.1, -0.05) is 25.9 Å². The van der Waals surface area contributed by atoms with E-state index in [0.29, 0.717) is 5.06 Å². The average Bonchev–Trinajstić information content (AvgIpc) is 2.91. The second-order valence-corrected chi connectivity index (χ2v) is 11.3. The number of hydrazone groups is 1. The minimum Gasteiger partial charge on any atom is -0.442 e. The predicted molar refractivity (Wildman–Crippen MR) is 127 cm³/mol. The number of hydrogen-bond donors (Lipinski definition) is 0. The van der Waals surface area contributed by atoms with Gasteiger partial charge in [-0.2, -0.15) is 5.10 Å². The smallest absolute Gasteiger partial charge is 0.442 e. The molecule has 0 N–H and O–H groups in total. The molecule has 1 heterocycles. The van der Waals surface area contributed by atoms with Crippen LogP contribution in [0.5, 0.6) is 0 Å². The Hall–Kier alpha value is -2.85. The van der Waals surface area contributed by atoms with Crippen LogP contribution in [0.4, 0.5) is 9.59 Å². The molecule has 0 saturated carbocycles. The van der Waals surface area contributed by atoms with Crippen molar-refractivity contribution in [3.63, 3.8) is 0 Å². The van der Waals surface area contributed by atoms with Crippen molar-refractivity contribution in [3.05, 3.63) is 0 Å². The van der Waals surface area contributed by atoms with E-state index in [0.717, 1.165) is 0 Å². The average molecular weight is 485 g/mol. The minimum absolute atomic E-state index is 0.0197. The Morgan fingerprint density at radius 3 is 1.88 bits per heavy atom. The van der Waals surface area contributed by atoms with E-state index in [1.165, 1.54) is 19.0 Å². The molecule has 1 unspecified atom stereocenters. The summed E-state index contributed by atoms with van der Waals surface area (Å²) in [5.74, 6) is -0.653. The van der Waals surface area contributed by atoms with Gasteiger partial charge in [0.1, 0.15) is 18.3 Å². The van der Waals surface area contributed by atoms with Gasteiger partial charge in [0.25, 0.3) is 5.91 Å². The van der Waals surface area contributed by atoms with Crippen LogP contribution in [0.3, 0.4) is 0 Å². The number of ether oxygens (including phenoxy) is 2. The first-order valence-electron chi connectivity index (χ1n) is 11.1. The van der Waals surface area contributed by atoms with E-state index < -0.39 is 40.3 Å². The highest BCUT2D eigenvalue weighted by atomic mass is 16.8. The van der Waals surface area contributed by atoms with Crippen molar-refractivity contribution in [3.8, 4) is 0 Å². The third-order valence-electron chi connectivity index (χ3n) is 4.44. The van der Waals surface area contributed by atoms with Gasteiger partial charge in [-0.3, -0.25) is 9.63 Å². The summed E-state index contributed by atoms with van der Waals surface area (Å²) in [6, 6.07) is -0.371. The predicted octanol–water partition coefficient (Wildman–Crippen LogP) is 4.50. The molecule has 1 aliphatic heterocycles. The number of hydrogen-bond acceptors (Lipinski definition) is 9. The summed E-state index contributed by atoms with van der Waals surface area (Å²) in [6.45, 7) is 20.4. The van der Waals surface area contributed by atoms with E-state index >= 15 is 0 Å². The fourth-order valence-corrected chi connectivity index (χ4v) is 3.28. The number of rotatable bonds is 4. The lowest BCUT2D eigenvalue weighted by molar-refractivity contribution is -0.171. The van der Waals surface area contributed by atoms with Gasteiger partial charge in [0.2, 0.25) is 5.54 Å². The number of nitrogens with zero attached hydrogens (tertiary/aromatic N) is 4. The van der Waals surface area contributed by atoms with Gasteiger partial charge >= 0.3 is 12.2 Å². The lowest BCUT2D eigenvalue weighted by Crippen LogP contribution is -2.68. The first kappa shape index (κ1) is 29.2. The minimum atomic E-state index is -2.07. The molecule has 11 heteroatoms. The monoisotopic (exact) mass is 484 g/mol. The molecule has 0 fully saturated rings. The molecule has 0 saturated heterocycles. The Morgan fingerprint density at radius 1 is 1.00 bits per heavy atom. The maximum absolute atomic E-state index is 14.0. The summed E-state index contributed by atoms with van der Waals surface area (Å²) in [5.41, 5.74) is -4.51. The molecule has 11 nitrogen and oxygen atoms in total. The van der Waals surface area contributed by atoms with Crippen LogP contribution in [-0.2, 0) is 23.9 Å². The van der Waals surface area contributed by atoms with Crippen molar-refractivity contribution in [2.45, 2.75) is 106 Å². The maximum Gasteiger partial charge on any atom is 0.534 e. The Kier molecular flexibility index (Phi) is 8.40. The summed E-state index contributed by atoms with van der Waals surface area (Å²) in [7, 11) is 1.30. The lowest BCUT2D eigenvalue weighted by Gasteiger charge is -2.40. The molecule has 1 atom stereocenters. The molecule has 1 rings (SSSR count). The van der Waals surface area contributed by atoms with Crippen LogP contribution in [0.1, 0.15) is 83.1 Å². The Balaban J connectivity index is 3.95. The van der Waals surface area contributed by atoms with Crippen LogP contribution >= 0.6 is 0 Å². The highest BCUT2D eigenvalue weighted by Crippen LogP contribution is 2.39. The third kappa shape index (κ3) is 6.38. The molecule has 0 radical (unpaired) electrons. The van der Waals surface area contributed by atoms with E-state index in [1.807, 2.05) is 20.8 Å². The zero-order valence-electron chi connectivity index (χ0n) is 22.7. The van der Waals surface area contributed by atoms with Crippen molar-refractivity contribution >= 4 is 29.6 Å². The second kappa shape index (κ2) is 9.79. The molecule has 0 aromatic heterocycles. The van der Waals surface area contributed by atoms with Gasteiger partial charge in [-0.05, 0) is 62.3 Å². The van der Waals surface area contributed by atoms with Crippen molar-refractivity contribution < 1.29 is 33.5 Å². The van der Waals surface area contributed by atoms with Crippen molar-refractivity contribution in [1.82, 2.24) is 10.1 Å². The number of amides is 2. The van der Waals surface area contributed by atoms with E-state index in [-0.39, 0.29) is 17.5 Å². The van der Waals surface area contributed by atoms with Crippen molar-refractivity contribution in [1.29, 1.82) is 0 Å². The van der Waals surface area contributed by atoms with Crippen LogP contribution in [0, 0.1) is 5.41 Å². The van der Waals surface area contributed by atoms with Gasteiger partial charge in [0.15, 0.2) is 0 Å². The summed E-state index contributed by atoms with van der Waals surface area (Å²) >= 11 is 0. The molecule has 194 valence electrons. The molecule has 34 heavy (non-hydrogen) atoms. The highest BCUT2D eigenvalue weighted by molar-refractivity contribution is 6.35. The van der Waals surface area contributed by atoms with Gasteiger partial charge < -0.3 is 14.3 Å². The standard InChI is InChI=1S/C23H40N4O7/c1-14(2)26-17(28)23(15(3)25-31-13,16(24-26)20(4,5)6)27(18(29)32-21(7,8)9)34-19(30)33-22(10,11)12/h14H,1-13H3. The van der Waals surface area contributed by atoms with E-state index in [2.05, 4.69) is 10.3 Å². The normalized spacial score (nSPS) is 19.7. The molecule has 0 aromatic carbocycles. The summed E-state index contributed by atoms with van der Waals surface area (Å²) in [5, 5.41) is 10.3. The largest absolute Gasteiger partial charge is 0.534 e. The molecule has 0 aliphatic carbocycles. The van der Waals surface area contributed by atoms with Gasteiger partial charge in [0, 0.05) is 5.41 Å². The molecule has 0 bridgehead atoms. The summed E-state index contributed by atoms with van der Waals surface area (Å²) in [6.07, 6.45) is -2.30. The van der Waals surface area contributed by atoms with Crippen LogP contribution in [0.25, 0.3) is 0 Å². The molecule has 0 spiro atoms. The van der Waals surface area contributed by atoms with Crippen LogP contribution in [0.2, 0.25) is 0 Å². The van der Waals surface area contributed by atoms with Crippen LogP contribution in [0.15, 0.2) is 10.3 Å². The topological polar surface area (TPSA) is 119 Å². The number of carbonyl (C=O) groups is 3. The fraction of sp³-hybridized carbons (Fsp3) is 0.783. The lowest BCUT2D eigenvalue weighted by atomic mass is 9.74. The van der Waals surface area contributed by atoms with E-state index in [4.69, 9.17) is 19.1 Å². The fourth-order valence-electron chi connectivity index (χ4n) is 3.28. The first-order chi connectivity index (χ1) is 15.2. The van der Waals surface area contributed by atoms with E-state index in [1.54, 1.807) is 55.4 Å². The van der Waals surface area contributed by atoms with Gasteiger partial charge in [-0.25, -0.2) is 14.6 Å². The van der Waals surface area contributed by atoms with Gasteiger partial charge in [0.05, 0.1) is 17.5 Å². The molecule has 0 aromatic rings. The van der Waals surface area contributed by atoms with Crippen LogP contribution < -0.4 is 0 Å². The highest BCUT2D eigenvalue weighted by Gasteiger charge is 2.65. The number of carbonyl (C=O) groups excluding carboxylic acids is 3. The van der Waals surface area contributed by atoms with Crippen molar-refractivity contribution in [2.75, 3.05) is 7.11 Å². The Morgan fingerprint density at radius 2 is 1.50 bits per heavy atom. The summed E-state index contributed by atoms with van der Waals surface area (Å²) < 4.78 is 10.8. The molecule has 2 amide bonds. The van der Waals surface area contributed by atoms with Gasteiger partial charge in [-0.15, -0.1) is 5.06 Å². The number of hydroxylamine groups is 2. The molecular weight excluding hydrogens is 444 g/mol.